The third-order valence-corrected chi connectivity index (χ3v) is 5.48. The van der Waals surface area contributed by atoms with E-state index in [-0.39, 0.29) is 0 Å². The predicted octanol–water partition coefficient (Wildman–Crippen LogP) is 6.30. The van der Waals surface area contributed by atoms with Gasteiger partial charge in [0.1, 0.15) is 17.2 Å². The van der Waals surface area contributed by atoms with Crippen LogP contribution in [0.25, 0.3) is 38.8 Å². The molecule has 6 heteroatoms. The molecule has 0 radical (unpaired) electrons. The molecule has 5 aromatic rings. The van der Waals surface area contributed by atoms with E-state index in [9.17, 15) is 0 Å². The zero-order valence-corrected chi connectivity index (χ0v) is 17.9. The minimum Gasteiger partial charge on any atom is -0.497 e. The molecule has 2 heterocycles. The van der Waals surface area contributed by atoms with Crippen LogP contribution >= 0.6 is 11.6 Å². The summed E-state index contributed by atoms with van der Waals surface area (Å²) in [5, 5.41) is 7.61. The van der Waals surface area contributed by atoms with Crippen LogP contribution in [0.4, 0.5) is 0 Å². The van der Waals surface area contributed by atoms with Gasteiger partial charge in [0.05, 0.1) is 30.4 Å². The summed E-state index contributed by atoms with van der Waals surface area (Å²) >= 11 is 6.13. The monoisotopic (exact) mass is 429 g/mol. The first-order valence-corrected chi connectivity index (χ1v) is 10.4. The van der Waals surface area contributed by atoms with Crippen molar-refractivity contribution < 1.29 is 9.47 Å². The lowest BCUT2D eigenvalue weighted by molar-refractivity contribution is 0.341. The summed E-state index contributed by atoms with van der Waals surface area (Å²) in [5.74, 6) is 1.61. The molecule has 5 nitrogen and oxygen atoms in total. The molecule has 3 aromatic carbocycles. The van der Waals surface area contributed by atoms with Crippen LogP contribution in [0.3, 0.4) is 0 Å². The molecule has 0 bridgehead atoms. The molecule has 0 unspecified atom stereocenters. The number of hydrogen-bond acceptors (Lipinski definition) is 4. The molecule has 2 aromatic heterocycles. The number of rotatable bonds is 5. The van der Waals surface area contributed by atoms with Gasteiger partial charge in [-0.1, -0.05) is 11.6 Å². The summed E-state index contributed by atoms with van der Waals surface area (Å²) < 4.78 is 13.0. The summed E-state index contributed by atoms with van der Waals surface area (Å²) in [7, 11) is 1.66. The van der Waals surface area contributed by atoms with E-state index in [1.807, 2.05) is 84.5 Å². The van der Waals surface area contributed by atoms with Gasteiger partial charge in [-0.05, 0) is 73.7 Å². The average Bonchev–Trinajstić information content (AvgIpc) is 3.20. The van der Waals surface area contributed by atoms with Crippen molar-refractivity contribution in [1.29, 1.82) is 0 Å². The molecular formula is C25H20ClN3O2. The quantitative estimate of drug-likeness (QED) is 0.329. The number of benzene rings is 3. The Labute approximate surface area is 184 Å². The van der Waals surface area contributed by atoms with Crippen molar-refractivity contribution in [2.75, 3.05) is 13.7 Å². The number of hydrogen-bond donors (Lipinski definition) is 0. The van der Waals surface area contributed by atoms with Crippen molar-refractivity contribution in [2.45, 2.75) is 6.92 Å². The Morgan fingerprint density at radius 2 is 1.65 bits per heavy atom. The zero-order valence-electron chi connectivity index (χ0n) is 17.2. The van der Waals surface area contributed by atoms with E-state index in [1.165, 1.54) is 0 Å². The summed E-state index contributed by atoms with van der Waals surface area (Å²) in [6, 6.07) is 21.5. The van der Waals surface area contributed by atoms with Crippen molar-refractivity contribution >= 4 is 33.4 Å². The first-order valence-electron chi connectivity index (χ1n) is 10.0. The molecule has 0 N–H and O–H groups in total. The molecule has 0 amide bonds. The van der Waals surface area contributed by atoms with Crippen LogP contribution in [0, 0.1) is 0 Å². The Hall–Kier alpha value is -3.57. The van der Waals surface area contributed by atoms with Gasteiger partial charge in [-0.15, -0.1) is 0 Å². The first kappa shape index (κ1) is 19.4. The maximum Gasteiger partial charge on any atom is 0.120 e. The van der Waals surface area contributed by atoms with Crippen LogP contribution < -0.4 is 9.47 Å². The van der Waals surface area contributed by atoms with Gasteiger partial charge in [-0.2, -0.15) is 5.10 Å². The summed E-state index contributed by atoms with van der Waals surface area (Å²) in [4.78, 5) is 4.70. The van der Waals surface area contributed by atoms with Gasteiger partial charge in [0.25, 0.3) is 0 Å². The number of nitrogens with zero attached hydrogens (tertiary/aromatic N) is 3. The Morgan fingerprint density at radius 1 is 0.903 bits per heavy atom. The third kappa shape index (κ3) is 3.47. The Bertz CT molecular complexity index is 1380. The van der Waals surface area contributed by atoms with E-state index in [2.05, 4.69) is 0 Å². The highest BCUT2D eigenvalue weighted by Gasteiger charge is 2.18. The zero-order chi connectivity index (χ0) is 21.4. The molecule has 154 valence electrons. The lowest BCUT2D eigenvalue weighted by Crippen LogP contribution is -1.97. The predicted molar refractivity (Wildman–Crippen MR) is 125 cm³/mol. The number of pyridine rings is 1. The molecule has 0 aliphatic heterocycles. The summed E-state index contributed by atoms with van der Waals surface area (Å²) in [5.41, 5.74) is 4.61. The second-order valence-corrected chi connectivity index (χ2v) is 7.53. The lowest BCUT2D eigenvalue weighted by atomic mass is 10.1. The number of fused-ring (bicyclic) bond motifs is 3. The van der Waals surface area contributed by atoms with Crippen LogP contribution in [-0.4, -0.2) is 28.5 Å². The van der Waals surface area contributed by atoms with E-state index in [4.69, 9.17) is 31.2 Å². The van der Waals surface area contributed by atoms with Gasteiger partial charge >= 0.3 is 0 Å². The van der Waals surface area contributed by atoms with Crippen LogP contribution in [-0.2, 0) is 0 Å². The van der Waals surface area contributed by atoms with E-state index in [0.29, 0.717) is 11.6 Å². The second kappa shape index (κ2) is 7.93. The van der Waals surface area contributed by atoms with Crippen molar-refractivity contribution in [1.82, 2.24) is 14.8 Å². The number of aromatic nitrogens is 3. The summed E-state index contributed by atoms with van der Waals surface area (Å²) in [6.07, 6.45) is 1.89. The Balaban J connectivity index is 1.83. The second-order valence-electron chi connectivity index (χ2n) is 7.10. The molecule has 0 aliphatic rings. The molecule has 5 rings (SSSR count). The van der Waals surface area contributed by atoms with Gasteiger partial charge < -0.3 is 9.47 Å². The van der Waals surface area contributed by atoms with Crippen molar-refractivity contribution in [3.63, 3.8) is 0 Å². The minimum absolute atomic E-state index is 0.600. The van der Waals surface area contributed by atoms with E-state index >= 15 is 0 Å². The first-order chi connectivity index (χ1) is 15.2. The highest BCUT2D eigenvalue weighted by atomic mass is 35.5. The maximum absolute atomic E-state index is 6.13. The fourth-order valence-corrected chi connectivity index (χ4v) is 3.88. The normalized spacial score (nSPS) is 11.2. The summed E-state index contributed by atoms with van der Waals surface area (Å²) in [6.45, 7) is 2.57. The maximum atomic E-state index is 6.13. The molecule has 0 spiro atoms. The molecule has 0 aliphatic carbocycles. The molecule has 0 saturated carbocycles. The van der Waals surface area contributed by atoms with Crippen LogP contribution in [0.1, 0.15) is 6.92 Å². The minimum atomic E-state index is 0.600. The smallest absolute Gasteiger partial charge is 0.120 e. The van der Waals surface area contributed by atoms with Crippen molar-refractivity contribution in [3.8, 4) is 28.4 Å². The molecular weight excluding hydrogens is 410 g/mol. The average molecular weight is 430 g/mol. The van der Waals surface area contributed by atoms with Gasteiger partial charge in [0, 0.05) is 27.6 Å². The number of halogens is 1. The van der Waals surface area contributed by atoms with Gasteiger partial charge in [-0.25, -0.2) is 4.68 Å². The fraction of sp³-hybridized carbons (Fsp3) is 0.120. The standard InChI is InChI=1S/C25H20ClN3O2/c1-3-31-20-12-13-23-21(14-20)25-22(15-27-23)24(16-4-10-19(30-2)11-5-16)28-29(25)18-8-6-17(26)7-9-18/h4-15H,3H2,1-2H3. The van der Waals surface area contributed by atoms with Crippen LogP contribution in [0.2, 0.25) is 5.02 Å². The highest BCUT2D eigenvalue weighted by molar-refractivity contribution is 6.30. The van der Waals surface area contributed by atoms with Crippen LogP contribution in [0.15, 0.2) is 72.9 Å². The lowest BCUT2D eigenvalue weighted by Gasteiger charge is -2.08. The molecule has 31 heavy (non-hydrogen) atoms. The van der Waals surface area contributed by atoms with E-state index < -0.39 is 0 Å². The fourth-order valence-electron chi connectivity index (χ4n) is 3.75. The third-order valence-electron chi connectivity index (χ3n) is 5.22. The number of methoxy groups -OCH3 is 1. The molecule has 0 atom stereocenters. The molecule has 0 saturated heterocycles. The Kier molecular flexibility index (Phi) is 4.96. The van der Waals surface area contributed by atoms with Gasteiger partial charge in [0.2, 0.25) is 0 Å². The van der Waals surface area contributed by atoms with E-state index in [0.717, 1.165) is 50.2 Å². The van der Waals surface area contributed by atoms with Crippen LogP contribution in [0.5, 0.6) is 11.5 Å². The highest BCUT2D eigenvalue weighted by Crippen LogP contribution is 2.35. The molecule has 0 fully saturated rings. The number of ether oxygens (including phenoxy) is 2. The van der Waals surface area contributed by atoms with Gasteiger partial charge in [0.15, 0.2) is 0 Å². The van der Waals surface area contributed by atoms with Crippen molar-refractivity contribution in [2.24, 2.45) is 0 Å². The SMILES string of the molecule is CCOc1ccc2ncc3c(-c4ccc(OC)cc4)nn(-c4ccc(Cl)cc4)c3c2c1. The van der Waals surface area contributed by atoms with E-state index in [1.54, 1.807) is 7.11 Å². The topological polar surface area (TPSA) is 49.2 Å². The van der Waals surface area contributed by atoms with Crippen molar-refractivity contribution in [3.05, 3.63) is 77.9 Å². The largest absolute Gasteiger partial charge is 0.497 e. The Morgan fingerprint density at radius 3 is 2.35 bits per heavy atom. The van der Waals surface area contributed by atoms with Gasteiger partial charge in [-0.3, -0.25) is 4.98 Å².